The first-order chi connectivity index (χ1) is 19.0. The van der Waals surface area contributed by atoms with Gasteiger partial charge < -0.3 is 19.7 Å². The van der Waals surface area contributed by atoms with Crippen molar-refractivity contribution in [2.45, 2.75) is 122 Å². The number of carbonyl (C=O) groups is 2. The Hall–Kier alpha value is -2.44. The van der Waals surface area contributed by atoms with E-state index < -0.39 is 12.2 Å². The number of hydrogen-bond donors (Lipinski definition) is 2. The maximum atomic E-state index is 11.8. The molecule has 6 nitrogen and oxygen atoms in total. The smallest absolute Gasteiger partial charge is 0.305 e. The number of hydrogen-bond acceptors (Lipinski definition) is 6. The van der Waals surface area contributed by atoms with Crippen molar-refractivity contribution in [2.75, 3.05) is 13.2 Å². The summed E-state index contributed by atoms with van der Waals surface area (Å²) in [5, 5.41) is 19.6. The molecule has 0 amide bonds. The van der Waals surface area contributed by atoms with Crippen molar-refractivity contribution in [1.29, 1.82) is 0 Å². The van der Waals surface area contributed by atoms with E-state index in [-0.39, 0.29) is 31.6 Å². The molecule has 2 N–H and O–H groups in total. The molecule has 0 aliphatic rings. The van der Waals surface area contributed by atoms with Gasteiger partial charge in [0.1, 0.15) is 19.3 Å². The van der Waals surface area contributed by atoms with Gasteiger partial charge in [0, 0.05) is 12.8 Å². The fourth-order valence-electron chi connectivity index (χ4n) is 3.55. The van der Waals surface area contributed by atoms with E-state index >= 15 is 0 Å². The summed E-state index contributed by atoms with van der Waals surface area (Å²) < 4.78 is 10.1. The van der Waals surface area contributed by atoms with E-state index in [1.807, 2.05) is 43.4 Å². The van der Waals surface area contributed by atoms with Crippen LogP contribution < -0.4 is 0 Å². The molecule has 0 aromatic rings. The van der Waals surface area contributed by atoms with Crippen molar-refractivity contribution in [2.24, 2.45) is 0 Å². The Morgan fingerprint density at radius 3 is 1.90 bits per heavy atom. The highest BCUT2D eigenvalue weighted by Gasteiger charge is 2.11. The predicted octanol–water partition coefficient (Wildman–Crippen LogP) is 7.47. The highest BCUT2D eigenvalue weighted by atomic mass is 16.6. The molecule has 1 unspecified atom stereocenters. The third-order valence-electron chi connectivity index (χ3n) is 5.84. The molecular weight excluding hydrogens is 492 g/mol. The summed E-state index contributed by atoms with van der Waals surface area (Å²) in [7, 11) is 0. The molecule has 0 bridgehead atoms. The van der Waals surface area contributed by atoms with Gasteiger partial charge in [-0.25, -0.2) is 0 Å². The number of allylic oxidation sites excluding steroid dienone is 8. The lowest BCUT2D eigenvalue weighted by molar-refractivity contribution is -0.152. The van der Waals surface area contributed by atoms with Crippen molar-refractivity contribution < 1.29 is 29.3 Å². The molecule has 0 aromatic carbocycles. The lowest BCUT2D eigenvalue weighted by Crippen LogP contribution is -2.25. The van der Waals surface area contributed by atoms with Crippen LogP contribution >= 0.6 is 0 Å². The molecule has 0 saturated carbocycles. The maximum absolute atomic E-state index is 11.8. The monoisotopic (exact) mass is 546 g/mol. The molecule has 39 heavy (non-hydrogen) atoms. The number of aliphatic hydroxyl groups is 2. The van der Waals surface area contributed by atoms with Crippen LogP contribution in [0.2, 0.25) is 0 Å². The largest absolute Gasteiger partial charge is 0.463 e. The second kappa shape index (κ2) is 28.6. The van der Waals surface area contributed by atoms with Crippen LogP contribution in [0.5, 0.6) is 0 Å². The molecule has 0 rings (SSSR count). The molecule has 222 valence electrons. The molecule has 0 aromatic heterocycles. The number of unbranched alkanes of at least 4 members (excludes halogenated alkanes) is 7. The Kier molecular flexibility index (Phi) is 26.8. The molecular formula is C33H54O6. The zero-order valence-corrected chi connectivity index (χ0v) is 24.5. The van der Waals surface area contributed by atoms with Crippen molar-refractivity contribution in [3.05, 3.63) is 60.8 Å². The molecule has 0 heterocycles. The molecule has 0 radical (unpaired) electrons. The fourth-order valence-corrected chi connectivity index (χ4v) is 3.55. The first-order valence-electron chi connectivity index (χ1n) is 14.9. The standard InChI is InChI=1S/C33H54O6/c1-3-5-7-8-15-19-22-26-32(36)38-28-31(35)29-39-33(37)27-23-20-17-14-12-10-9-11-13-16-18-21-25-30(34)24-6-4-2/h6,9-10,13-14,16-18,21,24,30-31,34-35H,3-5,7-8,11-12,15,19-20,22-23,25-29H2,1-2H3/b10-9-,16-13-,17-14-,21-18+,24-6-/t30?,31-/m1/s1. The van der Waals surface area contributed by atoms with Gasteiger partial charge in [0.2, 0.25) is 0 Å². The van der Waals surface area contributed by atoms with E-state index in [1.54, 1.807) is 0 Å². The summed E-state index contributed by atoms with van der Waals surface area (Å²) in [4.78, 5) is 23.6. The van der Waals surface area contributed by atoms with Crippen LogP contribution in [-0.4, -0.2) is 47.6 Å². The summed E-state index contributed by atoms with van der Waals surface area (Å²) >= 11 is 0. The molecule has 0 fully saturated rings. The Morgan fingerprint density at radius 2 is 1.23 bits per heavy atom. The summed E-state index contributed by atoms with van der Waals surface area (Å²) in [6.07, 6.45) is 32.0. The minimum atomic E-state index is -0.995. The van der Waals surface area contributed by atoms with Crippen LogP contribution in [0, 0.1) is 0 Å². The van der Waals surface area contributed by atoms with Crippen LogP contribution in [0.15, 0.2) is 60.8 Å². The van der Waals surface area contributed by atoms with Crippen molar-refractivity contribution in [3.63, 3.8) is 0 Å². The SMILES string of the molecule is CC/C=C\C(O)C/C=C/C=C\C/C=C\C/C=C\CCCC(=O)OC[C@H](O)COC(=O)CCCCCCCCC. The van der Waals surface area contributed by atoms with Crippen molar-refractivity contribution in [1.82, 2.24) is 0 Å². The van der Waals surface area contributed by atoms with Gasteiger partial charge >= 0.3 is 11.9 Å². The minimum absolute atomic E-state index is 0.146. The van der Waals surface area contributed by atoms with Gasteiger partial charge in [0.25, 0.3) is 0 Å². The zero-order chi connectivity index (χ0) is 28.8. The van der Waals surface area contributed by atoms with Gasteiger partial charge in [-0.1, -0.05) is 113 Å². The number of rotatable bonds is 25. The van der Waals surface area contributed by atoms with E-state index in [2.05, 4.69) is 31.2 Å². The number of ether oxygens (including phenoxy) is 2. The number of esters is 2. The second-order valence-corrected chi connectivity index (χ2v) is 9.69. The van der Waals surface area contributed by atoms with Gasteiger partial charge in [-0.05, 0) is 44.9 Å². The quantitative estimate of drug-likeness (QED) is 0.0534. The summed E-state index contributed by atoms with van der Waals surface area (Å²) in [6, 6.07) is 0. The first kappa shape index (κ1) is 36.6. The summed E-state index contributed by atoms with van der Waals surface area (Å²) in [6.45, 7) is 3.93. The second-order valence-electron chi connectivity index (χ2n) is 9.69. The molecule has 0 aliphatic heterocycles. The van der Waals surface area contributed by atoms with Gasteiger partial charge in [0.15, 0.2) is 0 Å². The summed E-state index contributed by atoms with van der Waals surface area (Å²) in [5.74, 6) is -0.670. The van der Waals surface area contributed by atoms with Crippen LogP contribution in [0.25, 0.3) is 0 Å². The molecule has 6 heteroatoms. The predicted molar refractivity (Wildman–Crippen MR) is 160 cm³/mol. The van der Waals surface area contributed by atoms with Crippen molar-refractivity contribution in [3.8, 4) is 0 Å². The average molecular weight is 547 g/mol. The number of aliphatic hydroxyl groups excluding tert-OH is 2. The first-order valence-corrected chi connectivity index (χ1v) is 14.9. The summed E-state index contributed by atoms with van der Waals surface area (Å²) in [5.41, 5.74) is 0. The Bertz CT molecular complexity index is 734. The van der Waals surface area contributed by atoms with Gasteiger partial charge in [-0.2, -0.15) is 0 Å². The third kappa shape index (κ3) is 28.4. The van der Waals surface area contributed by atoms with Gasteiger partial charge in [-0.15, -0.1) is 0 Å². The van der Waals surface area contributed by atoms with Gasteiger partial charge in [0.05, 0.1) is 6.10 Å². The zero-order valence-electron chi connectivity index (χ0n) is 24.5. The van der Waals surface area contributed by atoms with E-state index in [4.69, 9.17) is 9.47 Å². The highest BCUT2D eigenvalue weighted by Crippen LogP contribution is 2.09. The fraction of sp³-hybridized carbons (Fsp3) is 0.636. The third-order valence-corrected chi connectivity index (χ3v) is 5.84. The number of carbonyl (C=O) groups excluding carboxylic acids is 2. The minimum Gasteiger partial charge on any atom is -0.463 e. The van der Waals surface area contributed by atoms with Crippen LogP contribution in [0.1, 0.15) is 110 Å². The van der Waals surface area contributed by atoms with E-state index in [9.17, 15) is 19.8 Å². The Balaban J connectivity index is 3.68. The highest BCUT2D eigenvalue weighted by molar-refractivity contribution is 5.69. The Labute approximate surface area is 237 Å². The van der Waals surface area contributed by atoms with Crippen LogP contribution in [-0.2, 0) is 19.1 Å². The van der Waals surface area contributed by atoms with Crippen LogP contribution in [0.3, 0.4) is 0 Å². The van der Waals surface area contributed by atoms with Gasteiger partial charge in [-0.3, -0.25) is 9.59 Å². The lowest BCUT2D eigenvalue weighted by atomic mass is 10.1. The Morgan fingerprint density at radius 1 is 0.667 bits per heavy atom. The van der Waals surface area contributed by atoms with E-state index in [0.29, 0.717) is 19.3 Å². The van der Waals surface area contributed by atoms with Crippen molar-refractivity contribution >= 4 is 11.9 Å². The van der Waals surface area contributed by atoms with Crippen LogP contribution in [0.4, 0.5) is 0 Å². The molecule has 0 aliphatic carbocycles. The molecule has 2 atom stereocenters. The topological polar surface area (TPSA) is 93.1 Å². The lowest BCUT2D eigenvalue weighted by Gasteiger charge is -2.12. The molecule has 0 saturated heterocycles. The normalized spacial score (nSPS) is 13.8. The maximum Gasteiger partial charge on any atom is 0.305 e. The van der Waals surface area contributed by atoms with E-state index in [1.165, 1.54) is 25.7 Å². The average Bonchev–Trinajstić information content (AvgIpc) is 2.93. The molecule has 0 spiro atoms. The van der Waals surface area contributed by atoms with E-state index in [0.717, 1.165) is 44.9 Å².